The Hall–Kier alpha value is -2.14. The van der Waals surface area contributed by atoms with E-state index in [9.17, 15) is 9.90 Å². The van der Waals surface area contributed by atoms with E-state index in [4.69, 9.17) is 0 Å². The highest BCUT2D eigenvalue weighted by Gasteiger charge is 2.17. The molecule has 5 nitrogen and oxygen atoms in total. The molecule has 5 heteroatoms. The maximum Gasteiger partial charge on any atom is 0.270 e. The molecule has 1 amide bonds. The van der Waals surface area contributed by atoms with Gasteiger partial charge in [-0.05, 0) is 24.5 Å². The third kappa shape index (κ3) is 3.92. The average Bonchev–Trinajstić information content (AvgIpc) is 2.96. The Morgan fingerprint density at radius 2 is 2.05 bits per heavy atom. The lowest BCUT2D eigenvalue weighted by atomic mass is 10.0. The molecule has 1 aromatic carbocycles. The van der Waals surface area contributed by atoms with Crippen LogP contribution in [0.4, 0.5) is 0 Å². The second-order valence-corrected chi connectivity index (χ2v) is 5.47. The monoisotopic (exact) mass is 287 g/mol. The summed E-state index contributed by atoms with van der Waals surface area (Å²) in [5.74, 6) is 0.178. The summed E-state index contributed by atoms with van der Waals surface area (Å²) in [4.78, 5) is 16.4. The van der Waals surface area contributed by atoms with E-state index in [1.807, 2.05) is 30.3 Å². The van der Waals surface area contributed by atoms with Crippen LogP contribution in [0.15, 0.2) is 42.9 Å². The first kappa shape index (κ1) is 15.3. The maximum absolute atomic E-state index is 12.4. The molecule has 1 unspecified atom stereocenters. The van der Waals surface area contributed by atoms with Crippen molar-refractivity contribution in [3.05, 3.63) is 48.5 Å². The van der Waals surface area contributed by atoms with Gasteiger partial charge in [-0.15, -0.1) is 0 Å². The van der Waals surface area contributed by atoms with Crippen molar-refractivity contribution >= 4 is 5.91 Å². The number of hydrogen-bond acceptors (Lipinski definition) is 3. The minimum atomic E-state index is -0.239. The predicted molar refractivity (Wildman–Crippen MR) is 81.4 cm³/mol. The molecular weight excluding hydrogens is 266 g/mol. The van der Waals surface area contributed by atoms with E-state index < -0.39 is 0 Å². The highest BCUT2D eigenvalue weighted by Crippen LogP contribution is 2.11. The predicted octanol–water partition coefficient (Wildman–Crippen LogP) is 2.01. The third-order valence-electron chi connectivity index (χ3n) is 3.22. The zero-order valence-corrected chi connectivity index (χ0v) is 12.4. The lowest BCUT2D eigenvalue weighted by molar-refractivity contribution is 0.0901. The van der Waals surface area contributed by atoms with Crippen molar-refractivity contribution in [1.82, 2.24) is 14.9 Å². The van der Waals surface area contributed by atoms with Crippen molar-refractivity contribution in [3.8, 4) is 5.69 Å². The summed E-state index contributed by atoms with van der Waals surface area (Å²) in [7, 11) is 0. The highest BCUT2D eigenvalue weighted by atomic mass is 16.3. The van der Waals surface area contributed by atoms with E-state index in [0.29, 0.717) is 11.6 Å². The fraction of sp³-hybridized carbons (Fsp3) is 0.375. The molecule has 0 aliphatic heterocycles. The van der Waals surface area contributed by atoms with Crippen molar-refractivity contribution < 1.29 is 9.90 Å². The molecule has 1 aromatic heterocycles. The molecule has 0 bridgehead atoms. The lowest BCUT2D eigenvalue weighted by Crippen LogP contribution is -2.39. The van der Waals surface area contributed by atoms with Gasteiger partial charge < -0.3 is 10.4 Å². The van der Waals surface area contributed by atoms with Crippen molar-refractivity contribution in [3.63, 3.8) is 0 Å². The van der Waals surface area contributed by atoms with Crippen molar-refractivity contribution in [1.29, 1.82) is 0 Å². The van der Waals surface area contributed by atoms with Crippen LogP contribution in [0, 0.1) is 5.92 Å². The lowest BCUT2D eigenvalue weighted by Gasteiger charge is -2.18. The maximum atomic E-state index is 12.4. The summed E-state index contributed by atoms with van der Waals surface area (Å²) in [6, 6.07) is 9.33. The van der Waals surface area contributed by atoms with Gasteiger partial charge in [0, 0.05) is 5.69 Å². The number of hydrogen-bond donors (Lipinski definition) is 2. The SMILES string of the molecule is CC(C)CC(CO)NC(=O)c1cncn1-c1ccccc1. The Morgan fingerprint density at radius 1 is 1.33 bits per heavy atom. The number of nitrogens with one attached hydrogen (secondary N) is 1. The Morgan fingerprint density at radius 3 is 2.67 bits per heavy atom. The van der Waals surface area contributed by atoms with Gasteiger partial charge in [0.2, 0.25) is 0 Å². The van der Waals surface area contributed by atoms with Gasteiger partial charge in [-0.3, -0.25) is 9.36 Å². The quantitative estimate of drug-likeness (QED) is 0.854. The first-order chi connectivity index (χ1) is 10.1. The van der Waals surface area contributed by atoms with Gasteiger partial charge in [0.1, 0.15) is 5.69 Å². The Labute approximate surface area is 124 Å². The van der Waals surface area contributed by atoms with Crippen LogP contribution in [0.1, 0.15) is 30.8 Å². The van der Waals surface area contributed by atoms with E-state index in [0.717, 1.165) is 12.1 Å². The van der Waals surface area contributed by atoms with Crippen LogP contribution in [0.5, 0.6) is 0 Å². The molecule has 1 heterocycles. The van der Waals surface area contributed by atoms with Crippen LogP contribution >= 0.6 is 0 Å². The second kappa shape index (κ2) is 7.04. The number of imidazole rings is 1. The van der Waals surface area contributed by atoms with Crippen LogP contribution in [0.25, 0.3) is 5.69 Å². The largest absolute Gasteiger partial charge is 0.394 e. The summed E-state index contributed by atoms with van der Waals surface area (Å²) in [6.07, 6.45) is 3.88. The molecular formula is C16H21N3O2. The number of rotatable bonds is 6. The first-order valence-corrected chi connectivity index (χ1v) is 7.11. The smallest absolute Gasteiger partial charge is 0.270 e. The van der Waals surface area contributed by atoms with Gasteiger partial charge >= 0.3 is 0 Å². The molecule has 0 saturated carbocycles. The molecule has 21 heavy (non-hydrogen) atoms. The van der Waals surface area contributed by atoms with Crippen LogP contribution in [-0.2, 0) is 0 Å². The first-order valence-electron chi connectivity index (χ1n) is 7.11. The second-order valence-electron chi connectivity index (χ2n) is 5.47. The van der Waals surface area contributed by atoms with Crippen molar-refractivity contribution in [2.75, 3.05) is 6.61 Å². The molecule has 2 rings (SSSR count). The standard InChI is InChI=1S/C16H21N3O2/c1-12(2)8-13(10-20)18-16(21)15-9-17-11-19(15)14-6-4-3-5-7-14/h3-7,9,11-13,20H,8,10H2,1-2H3,(H,18,21). The number of nitrogens with zero attached hydrogens (tertiary/aromatic N) is 2. The van der Waals surface area contributed by atoms with Gasteiger partial charge in [-0.1, -0.05) is 32.0 Å². The molecule has 0 radical (unpaired) electrons. The number of para-hydroxylation sites is 1. The Bertz CT molecular complexity index is 578. The zero-order valence-electron chi connectivity index (χ0n) is 12.4. The minimum Gasteiger partial charge on any atom is -0.394 e. The van der Waals surface area contributed by atoms with Crippen LogP contribution in [-0.4, -0.2) is 33.2 Å². The zero-order chi connectivity index (χ0) is 15.2. The molecule has 0 aliphatic carbocycles. The van der Waals surface area contributed by atoms with Gasteiger partial charge in [-0.2, -0.15) is 0 Å². The molecule has 1 atom stereocenters. The molecule has 0 aliphatic rings. The molecule has 0 spiro atoms. The van der Waals surface area contributed by atoms with E-state index in [2.05, 4.69) is 24.1 Å². The number of carbonyl (C=O) groups is 1. The average molecular weight is 287 g/mol. The summed E-state index contributed by atoms with van der Waals surface area (Å²) < 4.78 is 1.74. The van der Waals surface area contributed by atoms with Crippen LogP contribution in [0.2, 0.25) is 0 Å². The highest BCUT2D eigenvalue weighted by molar-refractivity contribution is 5.93. The number of aliphatic hydroxyl groups excluding tert-OH is 1. The fourth-order valence-corrected chi connectivity index (χ4v) is 2.26. The van der Waals surface area contributed by atoms with Crippen LogP contribution < -0.4 is 5.32 Å². The Balaban J connectivity index is 2.15. The molecule has 0 fully saturated rings. The van der Waals surface area contributed by atoms with Crippen molar-refractivity contribution in [2.24, 2.45) is 5.92 Å². The normalized spacial score (nSPS) is 12.4. The number of amides is 1. The summed E-state index contributed by atoms with van der Waals surface area (Å²) in [5.41, 5.74) is 1.34. The van der Waals surface area contributed by atoms with Gasteiger partial charge in [0.05, 0.1) is 25.2 Å². The summed E-state index contributed by atoms with van der Waals surface area (Å²) in [6.45, 7) is 4.05. The molecule has 2 N–H and O–H groups in total. The molecule has 112 valence electrons. The van der Waals surface area contributed by atoms with Gasteiger partial charge in [0.25, 0.3) is 5.91 Å². The number of carbonyl (C=O) groups excluding carboxylic acids is 1. The molecule has 0 saturated heterocycles. The summed E-state index contributed by atoms with van der Waals surface area (Å²) >= 11 is 0. The van der Waals surface area contributed by atoms with Crippen LogP contribution in [0.3, 0.4) is 0 Å². The number of aromatic nitrogens is 2. The fourth-order valence-electron chi connectivity index (χ4n) is 2.26. The summed E-state index contributed by atoms with van der Waals surface area (Å²) in [5, 5.41) is 12.2. The number of benzene rings is 1. The van der Waals surface area contributed by atoms with E-state index >= 15 is 0 Å². The van der Waals surface area contributed by atoms with E-state index in [1.54, 1.807) is 10.9 Å². The number of aliphatic hydroxyl groups is 1. The minimum absolute atomic E-state index is 0.0661. The van der Waals surface area contributed by atoms with E-state index in [-0.39, 0.29) is 18.6 Å². The topological polar surface area (TPSA) is 67.2 Å². The van der Waals surface area contributed by atoms with Gasteiger partial charge in [-0.25, -0.2) is 4.98 Å². The Kier molecular flexibility index (Phi) is 5.11. The van der Waals surface area contributed by atoms with Gasteiger partial charge in [0.15, 0.2) is 0 Å². The third-order valence-corrected chi connectivity index (χ3v) is 3.22. The molecule has 2 aromatic rings. The van der Waals surface area contributed by atoms with E-state index in [1.165, 1.54) is 6.20 Å². The van der Waals surface area contributed by atoms with Crippen molar-refractivity contribution in [2.45, 2.75) is 26.3 Å².